The quantitative estimate of drug-likeness (QED) is 0.758. The Hall–Kier alpha value is 0.460. The van der Waals surface area contributed by atoms with Crippen LogP contribution in [0.2, 0.25) is 0 Å². The molecular weight excluding hydrogens is 192 g/mol. The molecule has 0 amide bonds. The summed E-state index contributed by atoms with van der Waals surface area (Å²) >= 11 is 1.76. The van der Waals surface area contributed by atoms with E-state index in [0.29, 0.717) is 6.42 Å². The Labute approximate surface area is 80.6 Å². The van der Waals surface area contributed by atoms with Crippen LogP contribution < -0.4 is 0 Å². The van der Waals surface area contributed by atoms with Crippen molar-refractivity contribution in [2.24, 2.45) is 0 Å². The number of hydrogen-bond acceptors (Lipinski definition) is 3. The summed E-state index contributed by atoms with van der Waals surface area (Å²) in [5, 5.41) is 8.89. The van der Waals surface area contributed by atoms with E-state index in [2.05, 4.69) is 6.92 Å². The number of rotatable bonds is 4. The van der Waals surface area contributed by atoms with Crippen molar-refractivity contribution in [3.05, 3.63) is 0 Å². The molecule has 2 atom stereocenters. The third kappa shape index (κ3) is 2.03. The number of thioether (sulfide) groups is 1. The molecule has 1 aliphatic rings. The molecule has 0 aromatic heterocycles. The molecule has 0 saturated carbocycles. The highest BCUT2D eigenvalue weighted by Crippen LogP contribution is 2.41. The molecule has 1 fully saturated rings. The van der Waals surface area contributed by atoms with E-state index in [-0.39, 0.29) is 10.7 Å². The normalized spacial score (nSPS) is 35.7. The van der Waals surface area contributed by atoms with E-state index in [1.807, 2.05) is 0 Å². The van der Waals surface area contributed by atoms with E-state index in [1.54, 1.807) is 11.8 Å². The lowest BCUT2D eigenvalue weighted by atomic mass is 10.2. The van der Waals surface area contributed by atoms with Gasteiger partial charge in [-0.2, -0.15) is 0 Å². The summed E-state index contributed by atoms with van der Waals surface area (Å²) in [6.45, 7) is 2.25. The van der Waals surface area contributed by atoms with Gasteiger partial charge in [-0.15, -0.1) is 11.8 Å². The number of aliphatic hydroxyl groups is 1. The molecule has 0 aromatic carbocycles. The molecule has 12 heavy (non-hydrogen) atoms. The highest BCUT2D eigenvalue weighted by atomic mass is 32.2. The molecule has 0 bridgehead atoms. The van der Waals surface area contributed by atoms with Gasteiger partial charge in [0.05, 0.1) is 4.08 Å². The van der Waals surface area contributed by atoms with Gasteiger partial charge in [0, 0.05) is 23.2 Å². The van der Waals surface area contributed by atoms with Crippen LogP contribution in [-0.2, 0) is 10.8 Å². The number of aliphatic hydroxyl groups excluding tert-OH is 1. The minimum Gasteiger partial charge on any atom is -0.396 e. The standard InChI is InChI=1S/C8H16O2S2/c1-2-11-8(5-6-9)4-3-7-12(8)10/h9H,2-7H2,1H3/t8-,12-/m1/s1. The number of hydrogen-bond donors (Lipinski definition) is 1. The zero-order chi connectivity index (χ0) is 9.03. The monoisotopic (exact) mass is 208 g/mol. The first-order chi connectivity index (χ1) is 5.75. The highest BCUT2D eigenvalue weighted by Gasteiger charge is 2.40. The van der Waals surface area contributed by atoms with Gasteiger partial charge in [-0.3, -0.25) is 4.21 Å². The van der Waals surface area contributed by atoms with E-state index >= 15 is 0 Å². The molecule has 2 nitrogen and oxygen atoms in total. The van der Waals surface area contributed by atoms with E-state index < -0.39 is 10.8 Å². The Bertz CT molecular complexity index is 164. The van der Waals surface area contributed by atoms with Crippen LogP contribution in [0.5, 0.6) is 0 Å². The van der Waals surface area contributed by atoms with Crippen LogP contribution in [0.4, 0.5) is 0 Å². The molecule has 1 N–H and O–H groups in total. The highest BCUT2D eigenvalue weighted by molar-refractivity contribution is 8.12. The van der Waals surface area contributed by atoms with Crippen molar-refractivity contribution in [2.45, 2.75) is 30.3 Å². The van der Waals surface area contributed by atoms with Crippen molar-refractivity contribution in [1.82, 2.24) is 0 Å². The van der Waals surface area contributed by atoms with E-state index in [1.165, 1.54) is 0 Å². The Morgan fingerprint density at radius 2 is 2.42 bits per heavy atom. The Kier molecular flexibility index (Phi) is 4.06. The van der Waals surface area contributed by atoms with Crippen LogP contribution >= 0.6 is 11.8 Å². The molecule has 0 unspecified atom stereocenters. The average molecular weight is 208 g/mol. The van der Waals surface area contributed by atoms with Crippen LogP contribution in [0.15, 0.2) is 0 Å². The van der Waals surface area contributed by atoms with E-state index in [9.17, 15) is 4.21 Å². The molecule has 0 radical (unpaired) electrons. The van der Waals surface area contributed by atoms with Gasteiger partial charge in [0.1, 0.15) is 0 Å². The van der Waals surface area contributed by atoms with Crippen LogP contribution in [0.1, 0.15) is 26.2 Å². The van der Waals surface area contributed by atoms with Crippen molar-refractivity contribution >= 4 is 22.6 Å². The summed E-state index contributed by atoms with van der Waals surface area (Å²) in [6.07, 6.45) is 2.76. The molecular formula is C8H16O2S2. The van der Waals surface area contributed by atoms with Crippen LogP contribution in [0.25, 0.3) is 0 Å². The van der Waals surface area contributed by atoms with Gasteiger partial charge in [0.2, 0.25) is 0 Å². The Balaban J connectivity index is 2.63. The zero-order valence-electron chi connectivity index (χ0n) is 7.41. The fourth-order valence-electron chi connectivity index (χ4n) is 1.65. The third-order valence-corrected chi connectivity index (χ3v) is 6.23. The van der Waals surface area contributed by atoms with Crippen LogP contribution in [0, 0.1) is 0 Å². The van der Waals surface area contributed by atoms with Crippen molar-refractivity contribution in [2.75, 3.05) is 18.1 Å². The lowest BCUT2D eigenvalue weighted by Gasteiger charge is -2.25. The minimum atomic E-state index is -0.716. The van der Waals surface area contributed by atoms with Gasteiger partial charge in [-0.1, -0.05) is 6.92 Å². The SMILES string of the molecule is CCS[C@]1(CCO)CCC[S@]1=O. The molecule has 1 saturated heterocycles. The maximum atomic E-state index is 11.7. The Morgan fingerprint density at radius 1 is 1.67 bits per heavy atom. The van der Waals surface area contributed by atoms with Gasteiger partial charge in [-0.05, 0) is 25.0 Å². The lowest BCUT2D eigenvalue weighted by Crippen LogP contribution is -2.27. The summed E-state index contributed by atoms with van der Waals surface area (Å²) < 4.78 is 11.5. The first kappa shape index (κ1) is 10.5. The van der Waals surface area contributed by atoms with Gasteiger partial charge >= 0.3 is 0 Å². The zero-order valence-corrected chi connectivity index (χ0v) is 9.05. The fourth-order valence-corrected chi connectivity index (χ4v) is 5.30. The second kappa shape index (κ2) is 4.63. The van der Waals surface area contributed by atoms with Crippen molar-refractivity contribution in [3.63, 3.8) is 0 Å². The second-order valence-electron chi connectivity index (χ2n) is 2.97. The molecule has 0 aromatic rings. The average Bonchev–Trinajstić information content (AvgIpc) is 2.35. The molecule has 0 spiro atoms. The summed E-state index contributed by atoms with van der Waals surface area (Å²) in [6, 6.07) is 0. The summed E-state index contributed by atoms with van der Waals surface area (Å²) in [5.41, 5.74) is 0. The maximum absolute atomic E-state index is 11.7. The molecule has 1 aliphatic heterocycles. The Morgan fingerprint density at radius 3 is 2.83 bits per heavy atom. The topological polar surface area (TPSA) is 37.3 Å². The maximum Gasteiger partial charge on any atom is 0.0930 e. The molecule has 4 heteroatoms. The lowest BCUT2D eigenvalue weighted by molar-refractivity contribution is 0.281. The predicted octanol–water partition coefficient (Wildman–Crippen LogP) is 1.36. The smallest absolute Gasteiger partial charge is 0.0930 e. The molecule has 1 heterocycles. The predicted molar refractivity (Wildman–Crippen MR) is 54.8 cm³/mol. The van der Waals surface area contributed by atoms with E-state index in [0.717, 1.165) is 24.3 Å². The van der Waals surface area contributed by atoms with Crippen LogP contribution in [0.3, 0.4) is 0 Å². The van der Waals surface area contributed by atoms with Crippen LogP contribution in [-0.4, -0.2) is 31.5 Å². The van der Waals surface area contributed by atoms with Gasteiger partial charge in [0.15, 0.2) is 0 Å². The first-order valence-electron chi connectivity index (χ1n) is 4.38. The molecule has 72 valence electrons. The summed E-state index contributed by atoms with van der Waals surface area (Å²) in [5.74, 6) is 1.82. The fraction of sp³-hybridized carbons (Fsp3) is 1.00. The largest absolute Gasteiger partial charge is 0.396 e. The van der Waals surface area contributed by atoms with Crippen molar-refractivity contribution < 1.29 is 9.32 Å². The van der Waals surface area contributed by atoms with Gasteiger partial charge in [-0.25, -0.2) is 0 Å². The third-order valence-electron chi connectivity index (χ3n) is 2.20. The van der Waals surface area contributed by atoms with Gasteiger partial charge < -0.3 is 5.11 Å². The summed E-state index contributed by atoms with van der Waals surface area (Å²) in [4.78, 5) is 0. The second-order valence-corrected chi connectivity index (χ2v) is 6.76. The van der Waals surface area contributed by atoms with Crippen molar-refractivity contribution in [1.29, 1.82) is 0 Å². The van der Waals surface area contributed by atoms with Gasteiger partial charge in [0.25, 0.3) is 0 Å². The molecule has 0 aliphatic carbocycles. The minimum absolute atomic E-state index is 0.108. The molecule has 1 rings (SSSR count). The van der Waals surface area contributed by atoms with Crippen molar-refractivity contribution in [3.8, 4) is 0 Å². The summed E-state index contributed by atoms with van der Waals surface area (Å²) in [7, 11) is -0.716. The van der Waals surface area contributed by atoms with E-state index in [4.69, 9.17) is 5.11 Å². The first-order valence-corrected chi connectivity index (χ1v) is 6.69.